The molecule has 3 rings (SSSR count). The number of nitrogens with one attached hydrogen (secondary N) is 2. The van der Waals surface area contributed by atoms with Gasteiger partial charge in [0.25, 0.3) is 5.91 Å². The lowest BCUT2D eigenvalue weighted by atomic mass is 9.95. The van der Waals surface area contributed by atoms with E-state index >= 15 is 0 Å². The minimum absolute atomic E-state index is 0.221. The highest BCUT2D eigenvalue weighted by Gasteiger charge is 2.37. The molecule has 1 aromatic rings. The second-order valence-electron chi connectivity index (χ2n) is 5.86. The molecular weight excluding hydrogens is 302 g/mol. The number of carbonyl (C=O) groups excluding carboxylic acids is 1. The predicted octanol–water partition coefficient (Wildman–Crippen LogP) is 0.419. The van der Waals surface area contributed by atoms with Gasteiger partial charge in [0.1, 0.15) is 0 Å². The van der Waals surface area contributed by atoms with E-state index in [9.17, 15) is 13.2 Å². The van der Waals surface area contributed by atoms with Crippen LogP contribution in [-0.4, -0.2) is 51.4 Å². The Morgan fingerprint density at radius 3 is 2.68 bits per heavy atom. The van der Waals surface area contributed by atoms with Crippen molar-refractivity contribution in [1.29, 1.82) is 0 Å². The van der Waals surface area contributed by atoms with Gasteiger partial charge in [-0.2, -0.15) is 4.31 Å². The molecule has 22 heavy (non-hydrogen) atoms. The van der Waals surface area contributed by atoms with Crippen LogP contribution in [0.1, 0.15) is 23.2 Å². The zero-order valence-corrected chi connectivity index (χ0v) is 13.4. The molecule has 2 fully saturated rings. The topological polar surface area (TPSA) is 78.5 Å². The molecule has 7 heteroatoms. The van der Waals surface area contributed by atoms with Gasteiger partial charge in [-0.1, -0.05) is 0 Å². The molecule has 0 aromatic heterocycles. The molecule has 1 amide bonds. The second kappa shape index (κ2) is 5.98. The molecule has 0 saturated carbocycles. The molecular formula is C15H21N3O3S. The summed E-state index contributed by atoms with van der Waals surface area (Å²) in [6, 6.07) is 6.59. The Balaban J connectivity index is 1.79. The normalized spacial score (nSPS) is 25.7. The van der Waals surface area contributed by atoms with Gasteiger partial charge in [-0.25, -0.2) is 8.42 Å². The van der Waals surface area contributed by atoms with Crippen LogP contribution >= 0.6 is 0 Å². The highest BCUT2D eigenvalue weighted by molar-refractivity contribution is 7.89. The average Bonchev–Trinajstić information content (AvgIpc) is 3.01. The van der Waals surface area contributed by atoms with E-state index in [-0.39, 0.29) is 10.8 Å². The molecule has 2 saturated heterocycles. The molecule has 0 bridgehead atoms. The van der Waals surface area contributed by atoms with Crippen molar-refractivity contribution in [3.8, 4) is 0 Å². The standard InChI is InChI=1S/C15H21N3O3S/c1-16-15(19)11-2-4-13(5-3-11)22(20,21)18-9-7-14-12(10-18)6-8-17-14/h2-5,12,14,17H,6-10H2,1H3,(H,16,19). The number of carbonyl (C=O) groups is 1. The zero-order chi connectivity index (χ0) is 15.7. The van der Waals surface area contributed by atoms with E-state index in [2.05, 4.69) is 10.6 Å². The highest BCUT2D eigenvalue weighted by Crippen LogP contribution is 2.28. The van der Waals surface area contributed by atoms with Crippen molar-refractivity contribution in [2.75, 3.05) is 26.7 Å². The molecule has 2 unspecified atom stereocenters. The SMILES string of the molecule is CNC(=O)c1ccc(S(=O)(=O)N2CCC3NCCC3C2)cc1. The van der Waals surface area contributed by atoms with Crippen molar-refractivity contribution in [2.24, 2.45) is 5.92 Å². The predicted molar refractivity (Wildman–Crippen MR) is 83.1 cm³/mol. The summed E-state index contributed by atoms with van der Waals surface area (Å²) in [5, 5.41) is 5.95. The van der Waals surface area contributed by atoms with Gasteiger partial charge < -0.3 is 10.6 Å². The van der Waals surface area contributed by atoms with Gasteiger partial charge in [0.2, 0.25) is 10.0 Å². The summed E-state index contributed by atoms with van der Waals surface area (Å²) < 4.78 is 27.0. The minimum atomic E-state index is -3.48. The van der Waals surface area contributed by atoms with Crippen LogP contribution in [0.2, 0.25) is 0 Å². The van der Waals surface area contributed by atoms with E-state index in [0.717, 1.165) is 19.4 Å². The van der Waals surface area contributed by atoms with Crippen molar-refractivity contribution in [2.45, 2.75) is 23.8 Å². The molecule has 2 aliphatic heterocycles. The van der Waals surface area contributed by atoms with Crippen LogP contribution in [0.15, 0.2) is 29.2 Å². The van der Waals surface area contributed by atoms with E-state index < -0.39 is 10.0 Å². The van der Waals surface area contributed by atoms with Crippen LogP contribution in [0.3, 0.4) is 0 Å². The highest BCUT2D eigenvalue weighted by atomic mass is 32.2. The molecule has 2 heterocycles. The summed E-state index contributed by atoms with van der Waals surface area (Å²) >= 11 is 0. The number of hydrogen-bond donors (Lipinski definition) is 2. The number of sulfonamides is 1. The Morgan fingerprint density at radius 2 is 2.00 bits per heavy atom. The van der Waals surface area contributed by atoms with E-state index in [0.29, 0.717) is 30.6 Å². The first-order valence-corrected chi connectivity index (χ1v) is 9.02. The third-order valence-electron chi connectivity index (χ3n) is 4.60. The summed E-state index contributed by atoms with van der Waals surface area (Å²) in [5.74, 6) is 0.190. The summed E-state index contributed by atoms with van der Waals surface area (Å²) in [6.07, 6.45) is 1.90. The fourth-order valence-corrected chi connectivity index (χ4v) is 4.82. The Bertz CT molecular complexity index is 657. The van der Waals surface area contributed by atoms with Crippen molar-refractivity contribution >= 4 is 15.9 Å². The molecule has 0 aliphatic carbocycles. The maximum absolute atomic E-state index is 12.7. The minimum Gasteiger partial charge on any atom is -0.355 e. The molecule has 6 nitrogen and oxygen atoms in total. The van der Waals surface area contributed by atoms with Crippen molar-refractivity contribution in [3.05, 3.63) is 29.8 Å². The van der Waals surface area contributed by atoms with Gasteiger partial charge in [-0.3, -0.25) is 4.79 Å². The fraction of sp³-hybridized carbons (Fsp3) is 0.533. The number of benzene rings is 1. The van der Waals surface area contributed by atoms with Crippen LogP contribution in [0, 0.1) is 5.92 Å². The molecule has 0 spiro atoms. The van der Waals surface area contributed by atoms with E-state index in [1.165, 1.54) is 12.1 Å². The van der Waals surface area contributed by atoms with Crippen LogP contribution in [0.25, 0.3) is 0 Å². The molecule has 2 atom stereocenters. The third-order valence-corrected chi connectivity index (χ3v) is 6.48. The number of piperidine rings is 1. The first-order valence-electron chi connectivity index (χ1n) is 7.58. The summed E-state index contributed by atoms with van der Waals surface area (Å²) in [5.41, 5.74) is 0.458. The maximum Gasteiger partial charge on any atom is 0.251 e. The van der Waals surface area contributed by atoms with Crippen molar-refractivity contribution in [1.82, 2.24) is 14.9 Å². The first-order chi connectivity index (χ1) is 10.5. The summed E-state index contributed by atoms with van der Waals surface area (Å²) in [7, 11) is -1.93. The van der Waals surface area contributed by atoms with Crippen molar-refractivity contribution in [3.63, 3.8) is 0 Å². The van der Waals surface area contributed by atoms with Crippen LogP contribution in [0.4, 0.5) is 0 Å². The van der Waals surface area contributed by atoms with Gasteiger partial charge in [0, 0.05) is 31.7 Å². The second-order valence-corrected chi connectivity index (χ2v) is 7.80. The number of rotatable bonds is 3. The third kappa shape index (κ3) is 2.76. The van der Waals surface area contributed by atoms with Gasteiger partial charge in [0.05, 0.1) is 4.90 Å². The van der Waals surface area contributed by atoms with Gasteiger partial charge in [-0.15, -0.1) is 0 Å². The van der Waals surface area contributed by atoms with E-state index in [1.54, 1.807) is 23.5 Å². The van der Waals surface area contributed by atoms with Crippen molar-refractivity contribution < 1.29 is 13.2 Å². The summed E-state index contributed by atoms with van der Waals surface area (Å²) in [4.78, 5) is 11.8. The quantitative estimate of drug-likeness (QED) is 0.845. The van der Waals surface area contributed by atoms with Crippen LogP contribution in [0.5, 0.6) is 0 Å². The number of nitrogens with zero attached hydrogens (tertiary/aromatic N) is 1. The van der Waals surface area contributed by atoms with Gasteiger partial charge >= 0.3 is 0 Å². The molecule has 120 valence electrons. The smallest absolute Gasteiger partial charge is 0.251 e. The maximum atomic E-state index is 12.7. The Hall–Kier alpha value is -1.44. The van der Waals surface area contributed by atoms with Gasteiger partial charge in [0.15, 0.2) is 0 Å². The van der Waals surface area contributed by atoms with Gasteiger partial charge in [-0.05, 0) is 49.6 Å². The Labute approximate surface area is 130 Å². The largest absolute Gasteiger partial charge is 0.355 e. The fourth-order valence-electron chi connectivity index (χ4n) is 3.30. The summed E-state index contributed by atoms with van der Waals surface area (Å²) in [6.45, 7) is 2.11. The lowest BCUT2D eigenvalue weighted by Crippen LogP contribution is -2.46. The zero-order valence-electron chi connectivity index (χ0n) is 12.6. The monoisotopic (exact) mass is 323 g/mol. The number of amides is 1. The van der Waals surface area contributed by atoms with Crippen LogP contribution in [-0.2, 0) is 10.0 Å². The lowest BCUT2D eigenvalue weighted by Gasteiger charge is -2.34. The number of fused-ring (bicyclic) bond motifs is 1. The molecule has 0 radical (unpaired) electrons. The van der Waals surface area contributed by atoms with E-state index in [4.69, 9.17) is 0 Å². The number of hydrogen-bond acceptors (Lipinski definition) is 4. The average molecular weight is 323 g/mol. The molecule has 2 N–H and O–H groups in total. The Morgan fingerprint density at radius 1 is 1.27 bits per heavy atom. The molecule has 1 aromatic carbocycles. The lowest BCUT2D eigenvalue weighted by molar-refractivity contribution is 0.0963. The van der Waals surface area contributed by atoms with Crippen LogP contribution < -0.4 is 10.6 Å². The molecule has 2 aliphatic rings. The van der Waals surface area contributed by atoms with E-state index in [1.807, 2.05) is 0 Å². The Kier molecular flexibility index (Phi) is 4.20. The first kappa shape index (κ1) is 15.5.